The summed E-state index contributed by atoms with van der Waals surface area (Å²) >= 11 is 6.32. The van der Waals surface area contributed by atoms with E-state index in [1.54, 1.807) is 18.2 Å². The van der Waals surface area contributed by atoms with Crippen molar-refractivity contribution in [2.75, 3.05) is 36.0 Å². The molecule has 4 aliphatic rings. The van der Waals surface area contributed by atoms with Gasteiger partial charge in [-0.25, -0.2) is 9.71 Å². The largest absolute Gasteiger partial charge is 0.475 e. The molecule has 2 aliphatic carbocycles. The van der Waals surface area contributed by atoms with Crippen molar-refractivity contribution in [1.29, 1.82) is 0 Å². The highest BCUT2D eigenvalue weighted by atomic mass is 35.5. The number of hydrogen-bond donors (Lipinski definition) is 2. The van der Waals surface area contributed by atoms with Crippen LogP contribution in [0.2, 0.25) is 5.02 Å². The SMILES string of the molecule is O=C(NS(=O)(=O)c1cccc(N2CC[C@H](O)C2)n1)C1(Oc2cc(Cl)ccc2N2CC3(CCCCCC3)C2)CC1. The van der Waals surface area contributed by atoms with Crippen LogP contribution in [0.5, 0.6) is 5.75 Å². The molecule has 2 saturated heterocycles. The van der Waals surface area contributed by atoms with Crippen LogP contribution >= 0.6 is 11.6 Å². The summed E-state index contributed by atoms with van der Waals surface area (Å²) in [6, 6.07) is 10.1. The maximum atomic E-state index is 13.3. The fourth-order valence-electron chi connectivity index (χ4n) is 6.21. The number of rotatable bonds is 7. The lowest BCUT2D eigenvalue weighted by molar-refractivity contribution is -0.127. The normalized spacial score (nSPS) is 23.7. The molecule has 0 radical (unpaired) electrons. The fraction of sp³-hybridized carbons (Fsp3) is 0.571. The highest BCUT2D eigenvalue weighted by molar-refractivity contribution is 7.90. The Hall–Kier alpha value is -2.56. The van der Waals surface area contributed by atoms with E-state index >= 15 is 0 Å². The van der Waals surface area contributed by atoms with Crippen molar-refractivity contribution in [1.82, 2.24) is 9.71 Å². The van der Waals surface area contributed by atoms with Crippen molar-refractivity contribution < 1.29 is 23.1 Å². The van der Waals surface area contributed by atoms with E-state index in [0.29, 0.717) is 54.4 Å². The number of nitrogens with one attached hydrogen (secondary N) is 1. The number of hydrogen-bond acceptors (Lipinski definition) is 8. The van der Waals surface area contributed by atoms with Crippen molar-refractivity contribution in [3.63, 3.8) is 0 Å². The van der Waals surface area contributed by atoms with E-state index in [2.05, 4.69) is 14.6 Å². The van der Waals surface area contributed by atoms with Gasteiger partial charge in [0.25, 0.3) is 15.9 Å². The Labute approximate surface area is 234 Å². The second-order valence-electron chi connectivity index (χ2n) is 11.6. The summed E-state index contributed by atoms with van der Waals surface area (Å²) in [5.74, 6) is 0.244. The van der Waals surface area contributed by atoms with Gasteiger partial charge in [0.1, 0.15) is 11.6 Å². The summed E-state index contributed by atoms with van der Waals surface area (Å²) in [7, 11) is -4.23. The van der Waals surface area contributed by atoms with Gasteiger partial charge in [0.05, 0.1) is 11.8 Å². The van der Waals surface area contributed by atoms with E-state index in [-0.39, 0.29) is 5.03 Å². The van der Waals surface area contributed by atoms with Gasteiger partial charge in [-0.15, -0.1) is 0 Å². The molecule has 1 amide bonds. The number of β-amino-alcohol motifs (C(OH)–C–C–N with tert-alkyl or cyclic N) is 1. The molecule has 2 aliphatic heterocycles. The molecule has 1 spiro atoms. The fourth-order valence-corrected chi connectivity index (χ4v) is 7.37. The van der Waals surface area contributed by atoms with Crippen molar-refractivity contribution in [2.45, 2.75) is 74.5 Å². The summed E-state index contributed by atoms with van der Waals surface area (Å²) < 4.78 is 34.8. The summed E-state index contributed by atoms with van der Waals surface area (Å²) in [5.41, 5.74) is -0.0304. The van der Waals surface area contributed by atoms with Crippen LogP contribution in [-0.4, -0.2) is 62.3 Å². The van der Waals surface area contributed by atoms with Gasteiger partial charge in [0.15, 0.2) is 10.6 Å². The van der Waals surface area contributed by atoms with Crippen molar-refractivity contribution in [3.05, 3.63) is 41.4 Å². The number of benzene rings is 1. The minimum Gasteiger partial charge on any atom is -0.475 e. The van der Waals surface area contributed by atoms with Crippen LogP contribution in [0.15, 0.2) is 41.4 Å². The van der Waals surface area contributed by atoms with Crippen LogP contribution in [0, 0.1) is 5.41 Å². The van der Waals surface area contributed by atoms with Crippen LogP contribution in [-0.2, 0) is 14.8 Å². The third kappa shape index (κ3) is 5.43. The molecule has 2 aromatic rings. The number of carbonyl (C=O) groups excluding carboxylic acids is 1. The lowest BCUT2D eigenvalue weighted by atomic mass is 9.73. The molecular weight excluding hydrogens is 540 g/mol. The van der Waals surface area contributed by atoms with E-state index < -0.39 is 27.6 Å². The van der Waals surface area contributed by atoms with Crippen LogP contribution in [0.1, 0.15) is 57.8 Å². The molecule has 9 nitrogen and oxygen atoms in total. The van der Waals surface area contributed by atoms with E-state index in [0.717, 1.165) is 18.8 Å². The number of aromatic nitrogens is 1. The van der Waals surface area contributed by atoms with E-state index in [1.165, 1.54) is 44.6 Å². The Bertz CT molecular complexity index is 1350. The van der Waals surface area contributed by atoms with Gasteiger partial charge >= 0.3 is 0 Å². The predicted molar refractivity (Wildman–Crippen MR) is 149 cm³/mol. The molecule has 11 heteroatoms. The first-order chi connectivity index (χ1) is 18.7. The van der Waals surface area contributed by atoms with Crippen LogP contribution in [0.25, 0.3) is 0 Å². The summed E-state index contributed by atoms with van der Waals surface area (Å²) in [6.45, 7) is 2.88. The molecule has 1 aromatic heterocycles. The maximum Gasteiger partial charge on any atom is 0.281 e. The number of aliphatic hydroxyl groups is 1. The van der Waals surface area contributed by atoms with Gasteiger partial charge < -0.3 is 19.6 Å². The molecule has 0 unspecified atom stereocenters. The standard InChI is InChI=1S/C28H35ClN4O5S/c29-20-8-9-22(33-18-27(19-33)11-3-1-2-4-12-27)23(16-20)38-28(13-14-28)26(35)31-39(36,37)25-7-5-6-24(30-25)32-15-10-21(34)17-32/h5-9,16,21,34H,1-4,10-15,17-19H2,(H,31,35)/t21-/m0/s1. The van der Waals surface area contributed by atoms with E-state index in [4.69, 9.17) is 16.3 Å². The average molecular weight is 575 g/mol. The van der Waals surface area contributed by atoms with Crippen LogP contribution in [0.3, 0.4) is 0 Å². The number of aliphatic hydroxyl groups excluding tert-OH is 1. The van der Waals surface area contributed by atoms with Crippen LogP contribution in [0.4, 0.5) is 11.5 Å². The number of nitrogens with zero attached hydrogens (tertiary/aromatic N) is 3. The van der Waals surface area contributed by atoms with Crippen LogP contribution < -0.4 is 19.3 Å². The van der Waals surface area contributed by atoms with Gasteiger partial charge in [-0.2, -0.15) is 8.42 Å². The lowest BCUT2D eigenvalue weighted by Crippen LogP contribution is -2.56. The number of sulfonamides is 1. The third-order valence-corrected chi connectivity index (χ3v) is 10.1. The molecule has 39 heavy (non-hydrogen) atoms. The molecule has 0 bridgehead atoms. The Morgan fingerprint density at radius 2 is 1.79 bits per heavy atom. The smallest absolute Gasteiger partial charge is 0.281 e. The summed E-state index contributed by atoms with van der Waals surface area (Å²) in [6.07, 6.45) is 8.57. The van der Waals surface area contributed by atoms with Crippen molar-refractivity contribution in [2.24, 2.45) is 5.41 Å². The van der Waals surface area contributed by atoms with Gasteiger partial charge in [-0.1, -0.05) is 43.4 Å². The number of carbonyl (C=O) groups is 1. The first-order valence-electron chi connectivity index (χ1n) is 13.9. The zero-order valence-electron chi connectivity index (χ0n) is 21.9. The minimum absolute atomic E-state index is 0.247. The molecule has 2 N–H and O–H groups in total. The van der Waals surface area contributed by atoms with Gasteiger partial charge in [-0.05, 0) is 43.5 Å². The second kappa shape index (κ2) is 10.1. The second-order valence-corrected chi connectivity index (χ2v) is 13.7. The summed E-state index contributed by atoms with van der Waals surface area (Å²) in [5, 5.41) is 10.1. The molecule has 4 fully saturated rings. The third-order valence-electron chi connectivity index (χ3n) is 8.60. The Morgan fingerprint density at radius 1 is 1.05 bits per heavy atom. The van der Waals surface area contributed by atoms with Crippen molar-refractivity contribution in [3.8, 4) is 5.75 Å². The quantitative estimate of drug-likeness (QED) is 0.512. The summed E-state index contributed by atoms with van der Waals surface area (Å²) in [4.78, 5) is 21.7. The first-order valence-corrected chi connectivity index (χ1v) is 15.7. The minimum atomic E-state index is -4.23. The lowest BCUT2D eigenvalue weighted by Gasteiger charge is -2.52. The molecule has 3 heterocycles. The van der Waals surface area contributed by atoms with Gasteiger partial charge in [-0.3, -0.25) is 4.79 Å². The van der Waals surface area contributed by atoms with Gasteiger partial charge in [0, 0.05) is 55.5 Å². The molecule has 6 rings (SSSR count). The highest BCUT2D eigenvalue weighted by Gasteiger charge is 2.55. The Morgan fingerprint density at radius 3 is 2.46 bits per heavy atom. The monoisotopic (exact) mass is 574 g/mol. The number of halogens is 1. The molecule has 1 atom stereocenters. The maximum absolute atomic E-state index is 13.3. The number of amides is 1. The zero-order chi connectivity index (χ0) is 27.3. The molecular formula is C28H35ClN4O5S. The topological polar surface area (TPSA) is 112 Å². The number of pyridine rings is 1. The average Bonchev–Trinajstić information content (AvgIpc) is 3.61. The Balaban J connectivity index is 1.16. The molecule has 1 aromatic carbocycles. The molecule has 210 valence electrons. The number of ether oxygens (including phenoxy) is 1. The van der Waals surface area contributed by atoms with E-state index in [1.807, 2.05) is 17.0 Å². The Kier molecular flexibility index (Phi) is 6.92. The van der Waals surface area contributed by atoms with E-state index in [9.17, 15) is 18.3 Å². The number of anilines is 2. The van der Waals surface area contributed by atoms with Crippen molar-refractivity contribution >= 4 is 39.0 Å². The molecule has 2 saturated carbocycles. The van der Waals surface area contributed by atoms with Gasteiger partial charge in [0.2, 0.25) is 0 Å². The predicted octanol–water partition coefficient (Wildman–Crippen LogP) is 3.88. The highest BCUT2D eigenvalue weighted by Crippen LogP contribution is 2.49. The first kappa shape index (κ1) is 26.7. The zero-order valence-corrected chi connectivity index (χ0v) is 23.5.